The predicted octanol–water partition coefficient (Wildman–Crippen LogP) is 4.80. The molecule has 0 saturated carbocycles. The van der Waals surface area contributed by atoms with Crippen LogP contribution in [0.2, 0.25) is 0 Å². The fourth-order valence-electron chi connectivity index (χ4n) is 2.13. The van der Waals surface area contributed by atoms with Crippen LogP contribution in [-0.4, -0.2) is 6.29 Å². The number of hydrogen-bond acceptors (Lipinski definition) is 1. The zero-order valence-corrected chi connectivity index (χ0v) is 11.1. The van der Waals surface area contributed by atoms with E-state index in [1.165, 1.54) is 0 Å². The van der Waals surface area contributed by atoms with Crippen molar-refractivity contribution in [3.8, 4) is 11.1 Å². The van der Waals surface area contributed by atoms with Crippen LogP contribution in [-0.2, 0) is 6.18 Å². The lowest BCUT2D eigenvalue weighted by Gasteiger charge is -2.12. The lowest BCUT2D eigenvalue weighted by Crippen LogP contribution is -2.05. The molecule has 0 saturated heterocycles. The predicted molar refractivity (Wildman–Crippen MR) is 71.7 cm³/mol. The highest BCUT2D eigenvalue weighted by atomic mass is 19.4. The summed E-state index contributed by atoms with van der Waals surface area (Å²) in [5.74, 6) is 0. The molecule has 0 atom stereocenters. The van der Waals surface area contributed by atoms with Gasteiger partial charge < -0.3 is 0 Å². The van der Waals surface area contributed by atoms with Gasteiger partial charge in [0.25, 0.3) is 0 Å². The first-order valence-electron chi connectivity index (χ1n) is 6.06. The Kier molecular flexibility index (Phi) is 3.66. The van der Waals surface area contributed by atoms with E-state index >= 15 is 0 Å². The molecule has 20 heavy (non-hydrogen) atoms. The summed E-state index contributed by atoms with van der Waals surface area (Å²) in [6.07, 6.45) is -3.69. The SMILES string of the molecule is Cc1cc(-c2cc(C=O)ccc2C)cc(C(F)(F)F)c1. The summed E-state index contributed by atoms with van der Waals surface area (Å²) in [5.41, 5.74) is 2.24. The number of aryl methyl sites for hydroxylation is 2. The summed E-state index contributed by atoms with van der Waals surface area (Å²) >= 11 is 0. The number of hydrogen-bond donors (Lipinski definition) is 0. The average Bonchev–Trinajstić information content (AvgIpc) is 2.37. The lowest BCUT2D eigenvalue weighted by molar-refractivity contribution is -0.137. The van der Waals surface area contributed by atoms with Crippen molar-refractivity contribution in [2.24, 2.45) is 0 Å². The van der Waals surface area contributed by atoms with E-state index in [0.717, 1.165) is 17.7 Å². The first-order valence-corrected chi connectivity index (χ1v) is 6.06. The number of carbonyl (C=O) groups excluding carboxylic acids is 1. The topological polar surface area (TPSA) is 17.1 Å². The molecule has 0 aliphatic heterocycles. The van der Waals surface area contributed by atoms with Gasteiger partial charge in [0.1, 0.15) is 6.29 Å². The van der Waals surface area contributed by atoms with Crippen LogP contribution in [0, 0.1) is 13.8 Å². The van der Waals surface area contributed by atoms with E-state index in [2.05, 4.69) is 0 Å². The van der Waals surface area contributed by atoms with E-state index in [4.69, 9.17) is 0 Å². The number of rotatable bonds is 2. The van der Waals surface area contributed by atoms with Gasteiger partial charge in [-0.05, 0) is 54.3 Å². The maximum Gasteiger partial charge on any atom is 0.416 e. The molecule has 0 heterocycles. The third kappa shape index (κ3) is 2.90. The van der Waals surface area contributed by atoms with Crippen molar-refractivity contribution in [1.29, 1.82) is 0 Å². The van der Waals surface area contributed by atoms with Crippen molar-refractivity contribution >= 4 is 6.29 Å². The summed E-state index contributed by atoms with van der Waals surface area (Å²) in [7, 11) is 0. The van der Waals surface area contributed by atoms with Gasteiger partial charge in [0.15, 0.2) is 0 Å². The van der Waals surface area contributed by atoms with Crippen molar-refractivity contribution in [3.63, 3.8) is 0 Å². The minimum Gasteiger partial charge on any atom is -0.298 e. The van der Waals surface area contributed by atoms with Crippen LogP contribution in [0.1, 0.15) is 27.0 Å². The van der Waals surface area contributed by atoms with Gasteiger partial charge in [-0.25, -0.2) is 0 Å². The fourth-order valence-corrected chi connectivity index (χ4v) is 2.13. The van der Waals surface area contributed by atoms with Gasteiger partial charge in [0, 0.05) is 5.56 Å². The van der Waals surface area contributed by atoms with Crippen LogP contribution in [0.4, 0.5) is 13.2 Å². The van der Waals surface area contributed by atoms with Crippen molar-refractivity contribution < 1.29 is 18.0 Å². The normalized spacial score (nSPS) is 11.4. The molecule has 0 fully saturated rings. The Bertz CT molecular complexity index is 657. The highest BCUT2D eigenvalue weighted by Crippen LogP contribution is 2.34. The van der Waals surface area contributed by atoms with Crippen molar-refractivity contribution in [2.75, 3.05) is 0 Å². The Hall–Kier alpha value is -2.10. The lowest BCUT2D eigenvalue weighted by atomic mass is 9.95. The number of halogens is 3. The van der Waals surface area contributed by atoms with Crippen LogP contribution < -0.4 is 0 Å². The second-order valence-corrected chi connectivity index (χ2v) is 4.78. The molecular formula is C16H13F3O. The molecule has 0 amide bonds. The van der Waals surface area contributed by atoms with Crippen molar-refractivity contribution in [3.05, 3.63) is 58.7 Å². The molecule has 2 aromatic carbocycles. The van der Waals surface area contributed by atoms with Crippen LogP contribution in [0.5, 0.6) is 0 Å². The maximum absolute atomic E-state index is 12.9. The quantitative estimate of drug-likeness (QED) is 0.721. The smallest absolute Gasteiger partial charge is 0.298 e. The molecule has 4 heteroatoms. The third-order valence-corrected chi connectivity index (χ3v) is 3.11. The van der Waals surface area contributed by atoms with Gasteiger partial charge in [-0.2, -0.15) is 13.2 Å². The molecule has 0 N–H and O–H groups in total. The van der Waals surface area contributed by atoms with E-state index in [1.807, 2.05) is 0 Å². The molecule has 0 radical (unpaired) electrons. The largest absolute Gasteiger partial charge is 0.416 e. The second-order valence-electron chi connectivity index (χ2n) is 4.78. The van der Waals surface area contributed by atoms with E-state index in [0.29, 0.717) is 28.5 Å². The minimum absolute atomic E-state index is 0.445. The van der Waals surface area contributed by atoms with Crippen LogP contribution in [0.3, 0.4) is 0 Å². The summed E-state index contributed by atoms with van der Waals surface area (Å²) in [5, 5.41) is 0. The monoisotopic (exact) mass is 278 g/mol. The van der Waals surface area contributed by atoms with Crippen molar-refractivity contribution in [1.82, 2.24) is 0 Å². The molecule has 0 aliphatic rings. The number of benzene rings is 2. The summed E-state index contributed by atoms with van der Waals surface area (Å²) in [6, 6.07) is 8.90. The Morgan fingerprint density at radius 1 is 1.00 bits per heavy atom. The first kappa shape index (κ1) is 14.3. The molecule has 2 aromatic rings. The van der Waals surface area contributed by atoms with E-state index in [9.17, 15) is 18.0 Å². The summed E-state index contributed by atoms with van der Waals surface area (Å²) < 4.78 is 38.6. The maximum atomic E-state index is 12.9. The van der Waals surface area contributed by atoms with Crippen LogP contribution in [0.25, 0.3) is 11.1 Å². The highest BCUT2D eigenvalue weighted by Gasteiger charge is 2.31. The van der Waals surface area contributed by atoms with Crippen molar-refractivity contribution in [2.45, 2.75) is 20.0 Å². The van der Waals surface area contributed by atoms with Gasteiger partial charge in [-0.1, -0.05) is 18.2 Å². The molecule has 0 aliphatic carbocycles. The van der Waals surface area contributed by atoms with Crippen LogP contribution in [0.15, 0.2) is 36.4 Å². The second kappa shape index (κ2) is 5.12. The molecule has 0 bridgehead atoms. The molecule has 0 aromatic heterocycles. The number of aldehydes is 1. The minimum atomic E-state index is -4.38. The number of carbonyl (C=O) groups is 1. The fraction of sp³-hybridized carbons (Fsp3) is 0.188. The van der Waals surface area contributed by atoms with E-state index < -0.39 is 11.7 Å². The zero-order chi connectivity index (χ0) is 14.9. The Morgan fingerprint density at radius 3 is 2.30 bits per heavy atom. The van der Waals surface area contributed by atoms with Gasteiger partial charge in [0.2, 0.25) is 0 Å². The molecule has 1 nitrogen and oxygen atoms in total. The van der Waals surface area contributed by atoms with Gasteiger partial charge in [0.05, 0.1) is 5.56 Å². The molecular weight excluding hydrogens is 265 g/mol. The zero-order valence-electron chi connectivity index (χ0n) is 11.1. The van der Waals surface area contributed by atoms with Crippen LogP contribution >= 0.6 is 0 Å². The summed E-state index contributed by atoms with van der Waals surface area (Å²) in [4.78, 5) is 10.8. The van der Waals surface area contributed by atoms with Gasteiger partial charge in [-0.3, -0.25) is 4.79 Å². The summed E-state index contributed by atoms with van der Waals surface area (Å²) in [6.45, 7) is 3.43. The standard InChI is InChI=1S/C16H13F3O/c1-10-5-13(8-14(6-10)16(17,18)19)15-7-12(9-20)4-3-11(15)2/h3-9H,1-2H3. The molecule has 0 spiro atoms. The van der Waals surface area contributed by atoms with Gasteiger partial charge >= 0.3 is 6.18 Å². The first-order chi connectivity index (χ1) is 9.31. The van der Waals surface area contributed by atoms with Gasteiger partial charge in [-0.15, -0.1) is 0 Å². The Balaban J connectivity index is 2.64. The Morgan fingerprint density at radius 2 is 1.70 bits per heavy atom. The Labute approximate surface area is 115 Å². The molecule has 2 rings (SSSR count). The number of alkyl halides is 3. The third-order valence-electron chi connectivity index (χ3n) is 3.11. The van der Waals surface area contributed by atoms with E-state index in [-0.39, 0.29) is 0 Å². The molecule has 104 valence electrons. The van der Waals surface area contributed by atoms with E-state index in [1.54, 1.807) is 38.1 Å². The molecule has 0 unspecified atom stereocenters. The highest BCUT2D eigenvalue weighted by molar-refractivity contribution is 5.80. The average molecular weight is 278 g/mol.